The zero-order chi connectivity index (χ0) is 11.8. The minimum atomic E-state index is -0.00745. The van der Waals surface area contributed by atoms with Crippen LogP contribution >= 0.6 is 0 Å². The molecule has 1 amide bonds. The van der Waals surface area contributed by atoms with Crippen molar-refractivity contribution in [3.63, 3.8) is 0 Å². The number of methoxy groups -OCH3 is 1. The summed E-state index contributed by atoms with van der Waals surface area (Å²) < 4.78 is 9.77. The first-order valence-corrected chi connectivity index (χ1v) is 5.27. The third kappa shape index (κ3) is 4.88. The van der Waals surface area contributed by atoms with Crippen LogP contribution in [0.1, 0.15) is 24.6 Å². The second-order valence-corrected chi connectivity index (χ2v) is 3.43. The van der Waals surface area contributed by atoms with Crippen LogP contribution in [0, 0.1) is 6.92 Å². The van der Waals surface area contributed by atoms with Gasteiger partial charge in [0.15, 0.2) is 5.82 Å². The second-order valence-electron chi connectivity index (χ2n) is 3.43. The number of aromatic nitrogens is 2. The number of hydrogen-bond donors (Lipinski definition) is 1. The second kappa shape index (κ2) is 6.95. The summed E-state index contributed by atoms with van der Waals surface area (Å²) in [7, 11) is 1.64. The van der Waals surface area contributed by atoms with Gasteiger partial charge in [-0.3, -0.25) is 4.79 Å². The van der Waals surface area contributed by atoms with Crippen LogP contribution in [-0.2, 0) is 16.0 Å². The predicted octanol–water partition coefficient (Wildman–Crippen LogP) is 0.463. The molecule has 90 valence electrons. The van der Waals surface area contributed by atoms with E-state index >= 15 is 0 Å². The van der Waals surface area contributed by atoms with Gasteiger partial charge in [0, 0.05) is 33.1 Å². The normalized spacial score (nSPS) is 10.4. The first-order valence-electron chi connectivity index (χ1n) is 5.27. The molecule has 1 N–H and O–H groups in total. The Morgan fingerprint density at radius 3 is 3.00 bits per heavy atom. The summed E-state index contributed by atoms with van der Waals surface area (Å²) in [6, 6.07) is 0. The molecule has 0 saturated carbocycles. The molecule has 6 nitrogen and oxygen atoms in total. The summed E-state index contributed by atoms with van der Waals surface area (Å²) in [5.74, 6) is 1.09. The average molecular weight is 227 g/mol. The van der Waals surface area contributed by atoms with E-state index in [2.05, 4.69) is 15.5 Å². The highest BCUT2D eigenvalue weighted by Crippen LogP contribution is 1.99. The molecule has 1 rings (SSSR count). The van der Waals surface area contributed by atoms with Crippen molar-refractivity contribution in [1.29, 1.82) is 0 Å². The molecule has 0 spiro atoms. The Morgan fingerprint density at radius 1 is 1.56 bits per heavy atom. The summed E-state index contributed by atoms with van der Waals surface area (Å²) in [5, 5.41) is 6.43. The molecule has 0 aliphatic carbocycles. The van der Waals surface area contributed by atoms with Gasteiger partial charge in [0.2, 0.25) is 11.8 Å². The van der Waals surface area contributed by atoms with Crippen molar-refractivity contribution in [3.05, 3.63) is 11.7 Å². The Labute approximate surface area is 94.4 Å². The molecule has 0 saturated heterocycles. The van der Waals surface area contributed by atoms with E-state index < -0.39 is 0 Å². The number of amides is 1. The van der Waals surface area contributed by atoms with Gasteiger partial charge in [0.25, 0.3) is 0 Å². The third-order valence-corrected chi connectivity index (χ3v) is 1.98. The zero-order valence-electron chi connectivity index (χ0n) is 9.65. The van der Waals surface area contributed by atoms with Crippen LogP contribution in [0.25, 0.3) is 0 Å². The number of rotatable bonds is 7. The lowest BCUT2D eigenvalue weighted by Gasteiger charge is -2.02. The molecular formula is C10H17N3O3. The minimum absolute atomic E-state index is 0.00745. The van der Waals surface area contributed by atoms with Gasteiger partial charge in [-0.1, -0.05) is 5.16 Å². The quantitative estimate of drug-likeness (QED) is 0.685. The fourth-order valence-electron chi connectivity index (χ4n) is 1.19. The number of carbonyl (C=O) groups is 1. The first-order chi connectivity index (χ1) is 7.72. The maximum atomic E-state index is 11.3. The number of nitrogens with zero attached hydrogens (tertiary/aromatic N) is 2. The lowest BCUT2D eigenvalue weighted by molar-refractivity contribution is -0.121. The van der Waals surface area contributed by atoms with Crippen LogP contribution in [0.4, 0.5) is 0 Å². The topological polar surface area (TPSA) is 77.2 Å². The number of nitrogens with one attached hydrogen (secondary N) is 1. The Kier molecular flexibility index (Phi) is 5.49. The Morgan fingerprint density at radius 2 is 2.38 bits per heavy atom. The smallest absolute Gasteiger partial charge is 0.227 e. The van der Waals surface area contributed by atoms with Crippen LogP contribution in [0.3, 0.4) is 0 Å². The molecular weight excluding hydrogens is 210 g/mol. The number of hydrogen-bond acceptors (Lipinski definition) is 5. The van der Waals surface area contributed by atoms with Crippen molar-refractivity contribution in [2.75, 3.05) is 20.3 Å². The van der Waals surface area contributed by atoms with E-state index in [9.17, 15) is 4.79 Å². The Balaban J connectivity index is 2.10. The van der Waals surface area contributed by atoms with E-state index in [1.54, 1.807) is 14.0 Å². The Bertz CT molecular complexity index is 325. The van der Waals surface area contributed by atoms with E-state index in [-0.39, 0.29) is 5.91 Å². The molecule has 0 bridgehead atoms. The first kappa shape index (κ1) is 12.6. The summed E-state index contributed by atoms with van der Waals surface area (Å²) in [6.07, 6.45) is 1.67. The maximum Gasteiger partial charge on any atom is 0.227 e. The predicted molar refractivity (Wildman–Crippen MR) is 56.9 cm³/mol. The van der Waals surface area contributed by atoms with Gasteiger partial charge in [-0.15, -0.1) is 0 Å². The van der Waals surface area contributed by atoms with Gasteiger partial charge in [-0.25, -0.2) is 0 Å². The fraction of sp³-hybridized carbons (Fsp3) is 0.700. The molecule has 0 unspecified atom stereocenters. The number of carbonyl (C=O) groups excluding carboxylic acids is 1. The van der Waals surface area contributed by atoms with Crippen molar-refractivity contribution in [2.45, 2.75) is 26.2 Å². The van der Waals surface area contributed by atoms with Gasteiger partial charge >= 0.3 is 0 Å². The molecule has 6 heteroatoms. The van der Waals surface area contributed by atoms with Crippen LogP contribution in [0.15, 0.2) is 4.52 Å². The van der Waals surface area contributed by atoms with Crippen molar-refractivity contribution in [1.82, 2.24) is 15.5 Å². The molecule has 16 heavy (non-hydrogen) atoms. The molecule has 0 aliphatic heterocycles. The molecule has 1 aromatic heterocycles. The van der Waals surface area contributed by atoms with Gasteiger partial charge in [0.05, 0.1) is 0 Å². The number of ether oxygens (including phenoxy) is 1. The van der Waals surface area contributed by atoms with Crippen LogP contribution in [0.5, 0.6) is 0 Å². The number of aryl methyl sites for hydroxylation is 2. The monoisotopic (exact) mass is 227 g/mol. The summed E-state index contributed by atoms with van der Waals surface area (Å²) >= 11 is 0. The van der Waals surface area contributed by atoms with E-state index in [0.29, 0.717) is 37.7 Å². The Hall–Kier alpha value is -1.43. The largest absolute Gasteiger partial charge is 0.385 e. The molecule has 0 radical (unpaired) electrons. The standard InChI is InChI=1S/C10H17N3O3/c1-8-12-10(16-13-8)5-4-9(14)11-6-3-7-15-2/h3-7H2,1-2H3,(H,11,14). The van der Waals surface area contributed by atoms with Crippen LogP contribution in [-0.4, -0.2) is 36.3 Å². The molecule has 1 heterocycles. The third-order valence-electron chi connectivity index (χ3n) is 1.98. The van der Waals surface area contributed by atoms with Crippen LogP contribution in [0.2, 0.25) is 0 Å². The molecule has 1 aromatic rings. The van der Waals surface area contributed by atoms with Crippen molar-refractivity contribution in [2.24, 2.45) is 0 Å². The van der Waals surface area contributed by atoms with E-state index in [4.69, 9.17) is 9.26 Å². The van der Waals surface area contributed by atoms with Gasteiger partial charge in [-0.05, 0) is 13.3 Å². The average Bonchev–Trinajstić information content (AvgIpc) is 2.68. The minimum Gasteiger partial charge on any atom is -0.385 e. The SMILES string of the molecule is COCCCNC(=O)CCc1nc(C)no1. The lowest BCUT2D eigenvalue weighted by Crippen LogP contribution is -2.25. The highest BCUT2D eigenvalue weighted by Gasteiger charge is 2.06. The summed E-state index contributed by atoms with van der Waals surface area (Å²) in [6.45, 7) is 3.04. The maximum absolute atomic E-state index is 11.3. The van der Waals surface area contributed by atoms with Crippen molar-refractivity contribution >= 4 is 5.91 Å². The fourth-order valence-corrected chi connectivity index (χ4v) is 1.19. The van der Waals surface area contributed by atoms with Gasteiger partial charge in [0.1, 0.15) is 0 Å². The molecule has 0 fully saturated rings. The van der Waals surface area contributed by atoms with E-state index in [1.807, 2.05) is 0 Å². The van der Waals surface area contributed by atoms with Crippen LogP contribution < -0.4 is 5.32 Å². The highest BCUT2D eigenvalue weighted by atomic mass is 16.5. The van der Waals surface area contributed by atoms with Gasteiger partial charge in [-0.2, -0.15) is 4.98 Å². The summed E-state index contributed by atoms with van der Waals surface area (Å²) in [4.78, 5) is 15.4. The zero-order valence-corrected chi connectivity index (χ0v) is 9.65. The van der Waals surface area contributed by atoms with E-state index in [0.717, 1.165) is 6.42 Å². The summed E-state index contributed by atoms with van der Waals surface area (Å²) in [5.41, 5.74) is 0. The molecule has 0 atom stereocenters. The van der Waals surface area contributed by atoms with Crippen molar-refractivity contribution < 1.29 is 14.1 Å². The van der Waals surface area contributed by atoms with E-state index in [1.165, 1.54) is 0 Å². The van der Waals surface area contributed by atoms with Crippen molar-refractivity contribution in [3.8, 4) is 0 Å². The molecule has 0 aliphatic rings. The molecule has 0 aromatic carbocycles. The highest BCUT2D eigenvalue weighted by molar-refractivity contribution is 5.75. The van der Waals surface area contributed by atoms with Gasteiger partial charge < -0.3 is 14.6 Å². The lowest BCUT2D eigenvalue weighted by atomic mass is 10.3.